The number of benzene rings is 1. The van der Waals surface area contributed by atoms with E-state index in [1.54, 1.807) is 25.3 Å². The number of rotatable bonds is 9. The molecule has 0 aliphatic carbocycles. The zero-order valence-corrected chi connectivity index (χ0v) is 13.9. The van der Waals surface area contributed by atoms with Crippen LogP contribution in [-0.2, 0) is 21.3 Å². The summed E-state index contributed by atoms with van der Waals surface area (Å²) in [7, 11) is -0.279. The Hall–Kier alpha value is -0.920. The molecule has 0 unspecified atom stereocenters. The van der Waals surface area contributed by atoms with Gasteiger partial charge in [0.15, 0.2) is 0 Å². The molecule has 1 rings (SSSR count). The molecule has 5 nitrogen and oxygen atoms in total. The topological polar surface area (TPSA) is 58.6 Å². The smallest absolute Gasteiger partial charge is 0.243 e. The van der Waals surface area contributed by atoms with Crippen LogP contribution >= 0.6 is 11.6 Å². The summed E-state index contributed by atoms with van der Waals surface area (Å²) < 4.78 is 31.5. The summed E-state index contributed by atoms with van der Waals surface area (Å²) in [6.07, 6.45) is 1.55. The van der Waals surface area contributed by atoms with Crippen LogP contribution in [0.25, 0.3) is 0 Å². The van der Waals surface area contributed by atoms with Gasteiger partial charge in [0.2, 0.25) is 10.0 Å². The maximum atomic E-state index is 12.6. The summed E-state index contributed by atoms with van der Waals surface area (Å²) in [6, 6.07) is 4.76. The van der Waals surface area contributed by atoms with Gasteiger partial charge in [-0.2, -0.15) is 4.31 Å². The zero-order valence-electron chi connectivity index (χ0n) is 12.3. The Morgan fingerprint density at radius 2 is 2.19 bits per heavy atom. The van der Waals surface area contributed by atoms with E-state index in [4.69, 9.17) is 16.3 Å². The highest BCUT2D eigenvalue weighted by molar-refractivity contribution is 7.89. The number of hydrogen-bond acceptors (Lipinski definition) is 4. The Bertz CT molecular complexity index is 576. The fraction of sp³-hybridized carbons (Fsp3) is 0.429. The van der Waals surface area contributed by atoms with Crippen molar-refractivity contribution in [1.29, 1.82) is 0 Å². The van der Waals surface area contributed by atoms with Gasteiger partial charge in [-0.25, -0.2) is 8.42 Å². The summed E-state index contributed by atoms with van der Waals surface area (Å²) in [5, 5.41) is 3.41. The Kier molecular flexibility index (Phi) is 7.34. The van der Waals surface area contributed by atoms with Gasteiger partial charge in [0.05, 0.1) is 11.5 Å². The van der Waals surface area contributed by atoms with Crippen molar-refractivity contribution in [3.63, 3.8) is 0 Å². The highest BCUT2D eigenvalue weighted by Gasteiger charge is 2.23. The Balaban J connectivity index is 3.09. The second-order valence-corrected chi connectivity index (χ2v) is 6.77. The van der Waals surface area contributed by atoms with Crippen molar-refractivity contribution in [3.05, 3.63) is 41.4 Å². The van der Waals surface area contributed by atoms with E-state index in [9.17, 15) is 8.42 Å². The van der Waals surface area contributed by atoms with E-state index in [1.807, 2.05) is 0 Å². The Labute approximate surface area is 131 Å². The second-order valence-electron chi connectivity index (χ2n) is 4.43. The number of hydrogen-bond donors (Lipinski definition) is 1. The third-order valence-corrected chi connectivity index (χ3v) is 5.12. The van der Waals surface area contributed by atoms with E-state index in [-0.39, 0.29) is 18.0 Å². The molecule has 0 radical (unpaired) electrons. The van der Waals surface area contributed by atoms with Gasteiger partial charge < -0.3 is 10.1 Å². The highest BCUT2D eigenvalue weighted by atomic mass is 35.5. The molecule has 0 atom stereocenters. The van der Waals surface area contributed by atoms with Gasteiger partial charge in [0, 0.05) is 31.8 Å². The van der Waals surface area contributed by atoms with Gasteiger partial charge in [-0.15, -0.1) is 6.58 Å². The van der Waals surface area contributed by atoms with Crippen molar-refractivity contribution >= 4 is 21.6 Å². The lowest BCUT2D eigenvalue weighted by Crippen LogP contribution is -2.34. The summed E-state index contributed by atoms with van der Waals surface area (Å²) >= 11 is 6.13. The standard InChI is InChI=1S/C14H21ClN2O3S/c1-4-7-17(8-9-20-3)21(18,19)13-6-5-12(11-16-2)14(15)10-13/h4-6,10,16H,1,7-9,11H2,2-3H3. The second kappa shape index (κ2) is 8.51. The number of methoxy groups -OCH3 is 1. The monoisotopic (exact) mass is 332 g/mol. The molecule has 1 aromatic rings. The summed E-state index contributed by atoms with van der Waals surface area (Å²) in [5.74, 6) is 0. The van der Waals surface area contributed by atoms with Crippen LogP contribution in [0.1, 0.15) is 5.56 Å². The zero-order chi connectivity index (χ0) is 15.9. The van der Waals surface area contributed by atoms with Gasteiger partial charge >= 0.3 is 0 Å². The first-order valence-electron chi connectivity index (χ1n) is 6.50. The first kappa shape index (κ1) is 18.1. The van der Waals surface area contributed by atoms with Crippen LogP contribution in [0.3, 0.4) is 0 Å². The van der Waals surface area contributed by atoms with Crippen LogP contribution < -0.4 is 5.32 Å². The van der Waals surface area contributed by atoms with Crippen molar-refractivity contribution in [1.82, 2.24) is 9.62 Å². The Morgan fingerprint density at radius 3 is 2.71 bits per heavy atom. The molecule has 7 heteroatoms. The molecule has 0 aliphatic rings. The quantitative estimate of drug-likeness (QED) is 0.701. The van der Waals surface area contributed by atoms with Crippen LogP contribution in [0.5, 0.6) is 0 Å². The molecule has 0 aliphatic heterocycles. The van der Waals surface area contributed by atoms with Gasteiger partial charge in [0.25, 0.3) is 0 Å². The SMILES string of the molecule is C=CCN(CCOC)S(=O)(=O)c1ccc(CNC)c(Cl)c1. The largest absolute Gasteiger partial charge is 0.383 e. The molecule has 0 spiro atoms. The third-order valence-electron chi connectivity index (χ3n) is 2.91. The molecule has 0 fully saturated rings. The number of sulfonamides is 1. The maximum Gasteiger partial charge on any atom is 0.243 e. The first-order valence-corrected chi connectivity index (χ1v) is 8.32. The molecule has 0 heterocycles. The van der Waals surface area contributed by atoms with Crippen molar-refractivity contribution in [3.8, 4) is 0 Å². The third kappa shape index (κ3) is 4.79. The van der Waals surface area contributed by atoms with Crippen LogP contribution in [-0.4, -0.2) is 46.6 Å². The fourth-order valence-corrected chi connectivity index (χ4v) is 3.55. The minimum atomic E-state index is -3.61. The normalized spacial score (nSPS) is 11.8. The maximum absolute atomic E-state index is 12.6. The molecule has 1 aromatic carbocycles. The molecule has 0 saturated carbocycles. The van der Waals surface area contributed by atoms with E-state index < -0.39 is 10.0 Å². The van der Waals surface area contributed by atoms with Crippen LogP contribution in [0.4, 0.5) is 0 Å². The van der Waals surface area contributed by atoms with Crippen molar-refractivity contribution in [2.24, 2.45) is 0 Å². The van der Waals surface area contributed by atoms with Crippen molar-refractivity contribution in [2.75, 3.05) is 33.9 Å². The number of nitrogens with one attached hydrogen (secondary N) is 1. The minimum absolute atomic E-state index is 0.172. The average molecular weight is 333 g/mol. The molecule has 1 N–H and O–H groups in total. The lowest BCUT2D eigenvalue weighted by molar-refractivity contribution is 0.182. The summed E-state index contributed by atoms with van der Waals surface area (Å²) in [6.45, 7) is 4.98. The van der Waals surface area contributed by atoms with E-state index >= 15 is 0 Å². The molecule has 21 heavy (non-hydrogen) atoms. The lowest BCUT2D eigenvalue weighted by atomic mass is 10.2. The number of halogens is 1. The van der Waals surface area contributed by atoms with E-state index in [0.717, 1.165) is 5.56 Å². The van der Waals surface area contributed by atoms with Gasteiger partial charge in [-0.1, -0.05) is 23.7 Å². The fourth-order valence-electron chi connectivity index (χ4n) is 1.82. The van der Waals surface area contributed by atoms with Crippen LogP contribution in [0.15, 0.2) is 35.7 Å². The predicted octanol–water partition coefficient (Wildman–Crippen LogP) is 1.88. The van der Waals surface area contributed by atoms with E-state index in [2.05, 4.69) is 11.9 Å². The summed E-state index contributed by atoms with van der Waals surface area (Å²) in [5.41, 5.74) is 0.852. The van der Waals surface area contributed by atoms with Gasteiger partial charge in [-0.3, -0.25) is 0 Å². The number of ether oxygens (including phenoxy) is 1. The molecule has 0 aromatic heterocycles. The predicted molar refractivity (Wildman–Crippen MR) is 85.0 cm³/mol. The lowest BCUT2D eigenvalue weighted by Gasteiger charge is -2.20. The minimum Gasteiger partial charge on any atom is -0.383 e. The van der Waals surface area contributed by atoms with Crippen LogP contribution in [0, 0.1) is 0 Å². The van der Waals surface area contributed by atoms with Gasteiger partial charge in [-0.05, 0) is 24.7 Å². The molecular formula is C14H21ClN2O3S. The van der Waals surface area contributed by atoms with Crippen molar-refractivity contribution in [2.45, 2.75) is 11.4 Å². The molecular weight excluding hydrogens is 312 g/mol. The van der Waals surface area contributed by atoms with E-state index in [1.165, 1.54) is 17.5 Å². The molecule has 0 amide bonds. The number of nitrogens with zero attached hydrogens (tertiary/aromatic N) is 1. The molecule has 118 valence electrons. The highest BCUT2D eigenvalue weighted by Crippen LogP contribution is 2.23. The average Bonchev–Trinajstić information content (AvgIpc) is 2.45. The van der Waals surface area contributed by atoms with Gasteiger partial charge in [0.1, 0.15) is 0 Å². The Morgan fingerprint density at radius 1 is 1.48 bits per heavy atom. The summed E-state index contributed by atoms with van der Waals surface area (Å²) in [4.78, 5) is 0.172. The molecule has 0 saturated heterocycles. The molecule has 0 bridgehead atoms. The van der Waals surface area contributed by atoms with E-state index in [0.29, 0.717) is 18.2 Å². The van der Waals surface area contributed by atoms with Crippen molar-refractivity contribution < 1.29 is 13.2 Å². The van der Waals surface area contributed by atoms with Crippen LogP contribution in [0.2, 0.25) is 5.02 Å². The first-order chi connectivity index (χ1) is 9.97.